The number of hydrogen-bond donors (Lipinski definition) is 2. The van der Waals surface area contributed by atoms with Crippen molar-refractivity contribution in [3.8, 4) is 0 Å². The number of aliphatic hydroxyl groups excluding tert-OH is 1. The van der Waals surface area contributed by atoms with Crippen molar-refractivity contribution in [2.24, 2.45) is 5.73 Å². The summed E-state index contributed by atoms with van der Waals surface area (Å²) in [6, 6.07) is 3.60. The van der Waals surface area contributed by atoms with E-state index in [1.165, 1.54) is 0 Å². The molecule has 0 unspecified atom stereocenters. The molecular weight excluding hydrogens is 299 g/mol. The van der Waals surface area contributed by atoms with Gasteiger partial charge in [-0.2, -0.15) is 0 Å². The van der Waals surface area contributed by atoms with Crippen LogP contribution in [0, 0.1) is 5.82 Å². The minimum absolute atomic E-state index is 0.217. The van der Waals surface area contributed by atoms with Crippen molar-refractivity contribution in [2.45, 2.75) is 25.8 Å². The molecule has 18 heavy (non-hydrogen) atoms. The van der Waals surface area contributed by atoms with Crippen LogP contribution < -0.4 is 10.6 Å². The van der Waals surface area contributed by atoms with Crippen LogP contribution in [0.2, 0.25) is 0 Å². The van der Waals surface area contributed by atoms with E-state index in [2.05, 4.69) is 15.9 Å². The zero-order valence-electron chi connectivity index (χ0n) is 10.6. The number of anilines is 1. The van der Waals surface area contributed by atoms with E-state index < -0.39 is 0 Å². The van der Waals surface area contributed by atoms with Gasteiger partial charge in [-0.15, -0.1) is 0 Å². The molecule has 0 saturated heterocycles. The lowest BCUT2D eigenvalue weighted by molar-refractivity contribution is 0.283. The zero-order valence-corrected chi connectivity index (χ0v) is 12.2. The fourth-order valence-corrected chi connectivity index (χ4v) is 2.29. The van der Waals surface area contributed by atoms with Crippen molar-refractivity contribution < 1.29 is 9.50 Å². The van der Waals surface area contributed by atoms with E-state index in [4.69, 9.17) is 10.8 Å². The molecule has 1 aromatic rings. The van der Waals surface area contributed by atoms with E-state index >= 15 is 0 Å². The molecule has 5 heteroatoms. The van der Waals surface area contributed by atoms with E-state index in [9.17, 15) is 4.39 Å². The monoisotopic (exact) mass is 318 g/mol. The molecular formula is C13H20BrFN2O. The van der Waals surface area contributed by atoms with Crippen molar-refractivity contribution in [1.82, 2.24) is 0 Å². The summed E-state index contributed by atoms with van der Waals surface area (Å²) in [4.78, 5) is 1.89. The van der Waals surface area contributed by atoms with Crippen LogP contribution in [0.25, 0.3) is 0 Å². The molecule has 0 heterocycles. The maximum Gasteiger partial charge on any atom is 0.160 e. The summed E-state index contributed by atoms with van der Waals surface area (Å²) in [5.74, 6) is -0.261. The summed E-state index contributed by atoms with van der Waals surface area (Å²) in [5.41, 5.74) is 6.87. The molecule has 0 aliphatic rings. The Labute approximate surface area is 116 Å². The van der Waals surface area contributed by atoms with Gasteiger partial charge in [0, 0.05) is 26.7 Å². The highest BCUT2D eigenvalue weighted by molar-refractivity contribution is 9.10. The molecule has 0 aromatic heterocycles. The lowest BCUT2D eigenvalue weighted by Gasteiger charge is -2.21. The van der Waals surface area contributed by atoms with Crippen LogP contribution in [0.15, 0.2) is 16.6 Å². The summed E-state index contributed by atoms with van der Waals surface area (Å²) in [6.07, 6.45) is 2.68. The summed E-state index contributed by atoms with van der Waals surface area (Å²) in [7, 11) is 1.87. The average molecular weight is 319 g/mol. The Hall–Kier alpha value is -0.650. The number of aliphatic hydroxyl groups is 1. The number of rotatable bonds is 7. The Morgan fingerprint density at radius 3 is 2.67 bits per heavy atom. The van der Waals surface area contributed by atoms with Crippen LogP contribution in [0.4, 0.5) is 10.1 Å². The molecule has 0 amide bonds. The molecule has 0 radical (unpaired) electrons. The largest absolute Gasteiger partial charge is 0.396 e. The van der Waals surface area contributed by atoms with Gasteiger partial charge in [0.25, 0.3) is 0 Å². The number of hydrogen-bond acceptors (Lipinski definition) is 3. The zero-order chi connectivity index (χ0) is 13.5. The Bertz CT molecular complexity index is 387. The van der Waals surface area contributed by atoms with Crippen molar-refractivity contribution in [2.75, 3.05) is 25.1 Å². The number of halogens is 2. The standard InChI is InChI=1S/C13H20BrFN2O/c1-17(7-3-2-4-8-18)11-6-5-10(9-16)12(14)13(11)15/h5-6,18H,2-4,7-9,16H2,1H3. The molecule has 0 atom stereocenters. The lowest BCUT2D eigenvalue weighted by Crippen LogP contribution is -2.20. The van der Waals surface area contributed by atoms with Crippen molar-refractivity contribution >= 4 is 21.6 Å². The first-order valence-electron chi connectivity index (χ1n) is 6.10. The third-order valence-electron chi connectivity index (χ3n) is 2.92. The number of nitrogens with two attached hydrogens (primary N) is 1. The number of unbranched alkanes of at least 4 members (excludes halogenated alkanes) is 2. The second-order valence-electron chi connectivity index (χ2n) is 4.28. The molecule has 3 nitrogen and oxygen atoms in total. The molecule has 0 spiro atoms. The predicted octanol–water partition coefficient (Wildman–Crippen LogP) is 2.65. The van der Waals surface area contributed by atoms with E-state index in [1.807, 2.05) is 18.0 Å². The van der Waals surface area contributed by atoms with E-state index in [0.29, 0.717) is 16.7 Å². The fraction of sp³-hybridized carbons (Fsp3) is 0.538. The summed E-state index contributed by atoms with van der Waals surface area (Å²) < 4.78 is 14.5. The average Bonchev–Trinajstić information content (AvgIpc) is 2.37. The van der Waals surface area contributed by atoms with Gasteiger partial charge in [-0.05, 0) is 46.8 Å². The Morgan fingerprint density at radius 2 is 2.06 bits per heavy atom. The van der Waals surface area contributed by atoms with Gasteiger partial charge in [0.2, 0.25) is 0 Å². The van der Waals surface area contributed by atoms with Gasteiger partial charge in [-0.25, -0.2) is 4.39 Å². The Morgan fingerprint density at radius 1 is 1.33 bits per heavy atom. The first-order valence-corrected chi connectivity index (χ1v) is 6.90. The van der Waals surface area contributed by atoms with Gasteiger partial charge in [0.15, 0.2) is 5.82 Å². The summed E-state index contributed by atoms with van der Waals surface area (Å²) in [6.45, 7) is 1.30. The van der Waals surface area contributed by atoms with Gasteiger partial charge in [0.05, 0.1) is 10.2 Å². The SMILES string of the molecule is CN(CCCCCO)c1ccc(CN)c(Br)c1F. The topological polar surface area (TPSA) is 49.5 Å². The second kappa shape index (κ2) is 7.71. The molecule has 3 N–H and O–H groups in total. The predicted molar refractivity (Wildman–Crippen MR) is 76.2 cm³/mol. The first kappa shape index (κ1) is 15.4. The van der Waals surface area contributed by atoms with E-state index in [-0.39, 0.29) is 12.4 Å². The smallest absolute Gasteiger partial charge is 0.160 e. The van der Waals surface area contributed by atoms with Crippen molar-refractivity contribution in [1.29, 1.82) is 0 Å². The van der Waals surface area contributed by atoms with Crippen LogP contribution in [-0.4, -0.2) is 25.3 Å². The van der Waals surface area contributed by atoms with Crippen LogP contribution >= 0.6 is 15.9 Å². The van der Waals surface area contributed by atoms with Gasteiger partial charge in [-0.3, -0.25) is 0 Å². The van der Waals surface area contributed by atoms with Gasteiger partial charge in [0.1, 0.15) is 0 Å². The molecule has 0 saturated carbocycles. The lowest BCUT2D eigenvalue weighted by atomic mass is 10.1. The summed E-state index contributed by atoms with van der Waals surface area (Å²) >= 11 is 3.24. The Balaban J connectivity index is 2.68. The highest BCUT2D eigenvalue weighted by Gasteiger charge is 2.13. The van der Waals surface area contributed by atoms with Crippen LogP contribution in [0.1, 0.15) is 24.8 Å². The Kier molecular flexibility index (Phi) is 6.60. The van der Waals surface area contributed by atoms with Crippen molar-refractivity contribution in [3.05, 3.63) is 28.0 Å². The van der Waals surface area contributed by atoms with Gasteiger partial charge < -0.3 is 15.7 Å². The molecule has 1 rings (SSSR count). The van der Waals surface area contributed by atoms with Crippen LogP contribution in [-0.2, 0) is 6.54 Å². The second-order valence-corrected chi connectivity index (χ2v) is 5.07. The molecule has 0 aliphatic heterocycles. The van der Waals surface area contributed by atoms with E-state index in [0.717, 1.165) is 31.4 Å². The molecule has 1 aromatic carbocycles. The third-order valence-corrected chi connectivity index (χ3v) is 3.78. The third kappa shape index (κ3) is 3.93. The minimum atomic E-state index is -0.261. The molecule has 0 bridgehead atoms. The number of nitrogens with zero attached hydrogens (tertiary/aromatic N) is 1. The quantitative estimate of drug-likeness (QED) is 0.760. The van der Waals surface area contributed by atoms with Crippen molar-refractivity contribution in [3.63, 3.8) is 0 Å². The van der Waals surface area contributed by atoms with Gasteiger partial charge >= 0.3 is 0 Å². The number of benzene rings is 1. The highest BCUT2D eigenvalue weighted by Crippen LogP contribution is 2.28. The molecule has 102 valence electrons. The highest BCUT2D eigenvalue weighted by atomic mass is 79.9. The van der Waals surface area contributed by atoms with Gasteiger partial charge in [-0.1, -0.05) is 6.07 Å². The molecule has 0 fully saturated rings. The molecule has 0 aliphatic carbocycles. The normalized spacial score (nSPS) is 10.7. The van der Waals surface area contributed by atoms with Crippen LogP contribution in [0.3, 0.4) is 0 Å². The van der Waals surface area contributed by atoms with Crippen LogP contribution in [0.5, 0.6) is 0 Å². The van der Waals surface area contributed by atoms with E-state index in [1.54, 1.807) is 6.07 Å². The fourth-order valence-electron chi connectivity index (χ4n) is 1.79. The summed E-state index contributed by atoms with van der Waals surface area (Å²) in [5, 5.41) is 8.70. The maximum absolute atomic E-state index is 14.1. The maximum atomic E-state index is 14.1. The minimum Gasteiger partial charge on any atom is -0.396 e. The first-order chi connectivity index (χ1) is 8.61.